The van der Waals surface area contributed by atoms with Crippen LogP contribution in [-0.4, -0.2) is 33.9 Å². The number of carbonyl (C=O) groups is 1. The Kier molecular flexibility index (Phi) is 6.28. The highest BCUT2D eigenvalue weighted by Crippen LogP contribution is 2.36. The molecular formula is C16H17F3N2OS2. The van der Waals surface area contributed by atoms with Gasteiger partial charge in [0, 0.05) is 41.0 Å². The van der Waals surface area contributed by atoms with E-state index in [2.05, 4.69) is 4.98 Å². The second kappa shape index (κ2) is 8.02. The highest BCUT2D eigenvalue weighted by Gasteiger charge is 2.29. The molecule has 0 aliphatic heterocycles. The fourth-order valence-corrected chi connectivity index (χ4v) is 3.30. The van der Waals surface area contributed by atoms with Crippen LogP contribution in [0.5, 0.6) is 0 Å². The number of alkyl halides is 3. The molecule has 3 nitrogen and oxygen atoms in total. The molecule has 8 heteroatoms. The van der Waals surface area contributed by atoms with Crippen molar-refractivity contribution in [3.63, 3.8) is 0 Å². The van der Waals surface area contributed by atoms with Gasteiger partial charge in [0.15, 0.2) is 0 Å². The van der Waals surface area contributed by atoms with Gasteiger partial charge in [-0.3, -0.25) is 4.79 Å². The number of thioether (sulfide) groups is 1. The highest BCUT2D eigenvalue weighted by atomic mass is 32.2. The van der Waals surface area contributed by atoms with E-state index in [0.717, 1.165) is 5.01 Å². The summed E-state index contributed by atoms with van der Waals surface area (Å²) in [5.41, 5.74) is -3.95. The van der Waals surface area contributed by atoms with Gasteiger partial charge in [0.05, 0.1) is 5.01 Å². The minimum Gasteiger partial charge on any atom is -0.336 e. The van der Waals surface area contributed by atoms with Crippen LogP contribution in [0.15, 0.2) is 40.7 Å². The molecule has 2 rings (SSSR count). The summed E-state index contributed by atoms with van der Waals surface area (Å²) < 4.78 is 37.1. The summed E-state index contributed by atoms with van der Waals surface area (Å²) in [7, 11) is 0. The van der Waals surface area contributed by atoms with E-state index in [1.165, 1.54) is 35.6 Å². The lowest BCUT2D eigenvalue weighted by atomic mass is 10.1. The largest absolute Gasteiger partial charge is 0.446 e. The number of carbonyl (C=O) groups excluding carboxylic acids is 1. The van der Waals surface area contributed by atoms with E-state index in [1.54, 1.807) is 11.1 Å². The van der Waals surface area contributed by atoms with Crippen LogP contribution in [0, 0.1) is 0 Å². The molecular weight excluding hydrogens is 357 g/mol. The monoisotopic (exact) mass is 374 g/mol. The summed E-state index contributed by atoms with van der Waals surface area (Å²) in [5, 5.41) is 2.83. The Morgan fingerprint density at radius 3 is 2.46 bits per heavy atom. The lowest BCUT2D eigenvalue weighted by Gasteiger charge is -2.26. The van der Waals surface area contributed by atoms with E-state index in [1.807, 2.05) is 19.2 Å². The van der Waals surface area contributed by atoms with Gasteiger partial charge in [-0.25, -0.2) is 4.98 Å². The van der Waals surface area contributed by atoms with Crippen molar-refractivity contribution < 1.29 is 18.0 Å². The van der Waals surface area contributed by atoms with Gasteiger partial charge in [-0.2, -0.15) is 13.2 Å². The molecule has 24 heavy (non-hydrogen) atoms. The number of benzene rings is 1. The summed E-state index contributed by atoms with van der Waals surface area (Å²) in [6.07, 6.45) is 2.38. The molecule has 130 valence electrons. The predicted molar refractivity (Wildman–Crippen MR) is 90.3 cm³/mol. The van der Waals surface area contributed by atoms with Crippen molar-refractivity contribution in [1.29, 1.82) is 0 Å². The standard InChI is InChI=1S/C16H17F3N2OS2/c1-11(2)21(9-7-14-20-8-10-23-14)15(22)12-3-5-13(6-4-12)24-16(17,18)19/h3-6,8,10-11H,7,9H2,1-2H3. The minimum absolute atomic E-state index is 0.0123. The average Bonchev–Trinajstić information content (AvgIpc) is 2.99. The van der Waals surface area contributed by atoms with Gasteiger partial charge in [-0.05, 0) is 49.9 Å². The zero-order valence-corrected chi connectivity index (χ0v) is 14.8. The first-order valence-electron chi connectivity index (χ1n) is 7.31. The van der Waals surface area contributed by atoms with E-state index < -0.39 is 5.51 Å². The fraction of sp³-hybridized carbons (Fsp3) is 0.375. The Balaban J connectivity index is 2.05. The topological polar surface area (TPSA) is 33.2 Å². The normalized spacial score (nSPS) is 11.8. The van der Waals surface area contributed by atoms with Crippen LogP contribution >= 0.6 is 23.1 Å². The Morgan fingerprint density at radius 2 is 1.96 bits per heavy atom. The van der Waals surface area contributed by atoms with Crippen molar-refractivity contribution >= 4 is 29.0 Å². The first-order valence-corrected chi connectivity index (χ1v) is 9.01. The van der Waals surface area contributed by atoms with Crippen molar-refractivity contribution in [1.82, 2.24) is 9.88 Å². The van der Waals surface area contributed by atoms with Gasteiger partial charge < -0.3 is 4.90 Å². The van der Waals surface area contributed by atoms with Crippen LogP contribution in [0.25, 0.3) is 0 Å². The maximum absolute atomic E-state index is 12.6. The van der Waals surface area contributed by atoms with Crippen LogP contribution < -0.4 is 0 Å². The van der Waals surface area contributed by atoms with Crippen LogP contribution in [-0.2, 0) is 6.42 Å². The third-order valence-electron chi connectivity index (χ3n) is 3.27. The molecule has 0 spiro atoms. The van der Waals surface area contributed by atoms with E-state index in [-0.39, 0.29) is 28.6 Å². The molecule has 0 N–H and O–H groups in total. The van der Waals surface area contributed by atoms with Gasteiger partial charge >= 0.3 is 5.51 Å². The number of rotatable bonds is 6. The molecule has 0 fully saturated rings. The van der Waals surface area contributed by atoms with Crippen molar-refractivity contribution in [2.75, 3.05) is 6.54 Å². The number of halogens is 3. The Bertz CT molecular complexity index is 655. The molecule has 0 saturated carbocycles. The SMILES string of the molecule is CC(C)N(CCc1nccs1)C(=O)c1ccc(SC(F)(F)F)cc1. The zero-order valence-electron chi connectivity index (χ0n) is 13.2. The molecule has 2 aromatic rings. The second-order valence-corrected chi connectivity index (χ2v) is 7.46. The molecule has 0 saturated heterocycles. The van der Waals surface area contributed by atoms with Crippen LogP contribution in [0.1, 0.15) is 29.2 Å². The van der Waals surface area contributed by atoms with Crippen LogP contribution in [0.3, 0.4) is 0 Å². The number of hydrogen-bond donors (Lipinski definition) is 0. The van der Waals surface area contributed by atoms with Crippen LogP contribution in [0.2, 0.25) is 0 Å². The molecule has 1 aromatic heterocycles. The second-order valence-electron chi connectivity index (χ2n) is 5.34. The highest BCUT2D eigenvalue weighted by molar-refractivity contribution is 8.00. The summed E-state index contributed by atoms with van der Waals surface area (Å²) >= 11 is 1.35. The van der Waals surface area contributed by atoms with E-state index in [0.29, 0.717) is 18.5 Å². The van der Waals surface area contributed by atoms with Crippen molar-refractivity contribution in [3.05, 3.63) is 46.4 Å². The molecule has 0 atom stereocenters. The molecule has 1 aromatic carbocycles. The number of amides is 1. The molecule has 0 aliphatic carbocycles. The minimum atomic E-state index is -4.33. The molecule has 1 amide bonds. The van der Waals surface area contributed by atoms with Crippen molar-refractivity contribution in [3.8, 4) is 0 Å². The number of thiazole rings is 1. The zero-order chi connectivity index (χ0) is 17.7. The Hall–Kier alpha value is -1.54. The van der Waals surface area contributed by atoms with Crippen LogP contribution in [0.4, 0.5) is 13.2 Å². The van der Waals surface area contributed by atoms with Crippen molar-refractivity contribution in [2.24, 2.45) is 0 Å². The lowest BCUT2D eigenvalue weighted by molar-refractivity contribution is -0.0328. The Morgan fingerprint density at radius 1 is 1.29 bits per heavy atom. The first kappa shape index (κ1) is 18.8. The summed E-state index contributed by atoms with van der Waals surface area (Å²) in [4.78, 5) is 18.6. The number of aromatic nitrogens is 1. The Labute approximate surface area is 146 Å². The fourth-order valence-electron chi connectivity index (χ4n) is 2.15. The molecule has 0 radical (unpaired) electrons. The average molecular weight is 374 g/mol. The quantitative estimate of drug-likeness (QED) is 0.678. The summed E-state index contributed by atoms with van der Waals surface area (Å²) in [5.74, 6) is -0.190. The predicted octanol–water partition coefficient (Wildman–Crippen LogP) is 4.85. The lowest BCUT2D eigenvalue weighted by Crippen LogP contribution is -2.38. The maximum atomic E-state index is 12.6. The number of nitrogens with zero attached hydrogens (tertiary/aromatic N) is 2. The van der Waals surface area contributed by atoms with E-state index >= 15 is 0 Å². The van der Waals surface area contributed by atoms with Gasteiger partial charge in [-0.15, -0.1) is 11.3 Å². The maximum Gasteiger partial charge on any atom is 0.446 e. The third-order valence-corrected chi connectivity index (χ3v) is 4.85. The molecule has 0 unspecified atom stereocenters. The summed E-state index contributed by atoms with van der Waals surface area (Å²) in [6.45, 7) is 4.34. The van der Waals surface area contributed by atoms with E-state index in [4.69, 9.17) is 0 Å². The van der Waals surface area contributed by atoms with Crippen molar-refractivity contribution in [2.45, 2.75) is 36.7 Å². The first-order chi connectivity index (χ1) is 11.3. The molecule has 1 heterocycles. The van der Waals surface area contributed by atoms with E-state index in [9.17, 15) is 18.0 Å². The number of hydrogen-bond acceptors (Lipinski definition) is 4. The summed E-state index contributed by atoms with van der Waals surface area (Å²) in [6, 6.07) is 5.52. The van der Waals surface area contributed by atoms with Gasteiger partial charge in [0.25, 0.3) is 5.91 Å². The molecule has 0 bridgehead atoms. The van der Waals surface area contributed by atoms with Gasteiger partial charge in [-0.1, -0.05) is 0 Å². The third kappa shape index (κ3) is 5.52. The smallest absolute Gasteiger partial charge is 0.336 e. The molecule has 0 aliphatic rings. The van der Waals surface area contributed by atoms with Gasteiger partial charge in [0.1, 0.15) is 0 Å². The van der Waals surface area contributed by atoms with Gasteiger partial charge in [0.2, 0.25) is 0 Å².